The highest BCUT2D eigenvalue weighted by atomic mass is 35.5. The van der Waals surface area contributed by atoms with Crippen LogP contribution < -0.4 is 5.69 Å². The molecule has 2 aromatic heterocycles. The Morgan fingerprint density at radius 3 is 2.44 bits per heavy atom. The van der Waals surface area contributed by atoms with Gasteiger partial charge in [0, 0.05) is 0 Å². The molecule has 0 aliphatic heterocycles. The Labute approximate surface area is 188 Å². The lowest BCUT2D eigenvalue weighted by Crippen LogP contribution is -2.29. The van der Waals surface area contributed by atoms with Crippen molar-refractivity contribution in [3.63, 3.8) is 0 Å². The van der Waals surface area contributed by atoms with Crippen LogP contribution in [0.5, 0.6) is 0 Å². The number of aromatic amines is 1. The second-order valence-electron chi connectivity index (χ2n) is 7.63. The molecule has 0 atom stereocenters. The smallest absolute Gasteiger partial charge is 0.354 e. The fourth-order valence-corrected chi connectivity index (χ4v) is 5.20. The first kappa shape index (κ1) is 21.8. The Bertz CT molecular complexity index is 1520. The van der Waals surface area contributed by atoms with Gasteiger partial charge in [-0.2, -0.15) is 0 Å². The van der Waals surface area contributed by atoms with Crippen LogP contribution in [0, 0.1) is 0 Å². The monoisotopic (exact) mass is 471 g/mol. The zero-order chi connectivity index (χ0) is 23.3. The highest BCUT2D eigenvalue weighted by Gasteiger charge is 2.37. The number of fused-ring (bicyclic) bond motifs is 1. The van der Waals surface area contributed by atoms with Gasteiger partial charge in [0.2, 0.25) is 0 Å². The molecule has 32 heavy (non-hydrogen) atoms. The van der Waals surface area contributed by atoms with Gasteiger partial charge in [-0.1, -0.05) is 41.9 Å². The molecule has 0 unspecified atom stereocenters. The van der Waals surface area contributed by atoms with Crippen LogP contribution in [0.4, 0.5) is 0 Å². The number of carboxylic acid groups (broad SMARTS) is 1. The number of carbonyl (C=O) groups is 1. The van der Waals surface area contributed by atoms with Crippen molar-refractivity contribution in [2.75, 3.05) is 0 Å². The fraction of sp³-hybridized carbons (Fsp3) is 0.136. The lowest BCUT2D eigenvalue weighted by molar-refractivity contribution is 0.0691. The van der Waals surface area contributed by atoms with E-state index in [-0.39, 0.29) is 32.5 Å². The highest BCUT2D eigenvalue weighted by molar-refractivity contribution is 7.92. The lowest BCUT2D eigenvalue weighted by atomic mass is 10.0. The van der Waals surface area contributed by atoms with E-state index >= 15 is 0 Å². The Kier molecular flexibility index (Phi) is 5.18. The van der Waals surface area contributed by atoms with Crippen LogP contribution in [0.15, 0.2) is 70.4 Å². The van der Waals surface area contributed by atoms with Gasteiger partial charge in [0.1, 0.15) is 0 Å². The summed E-state index contributed by atoms with van der Waals surface area (Å²) >= 11 is 6.33. The molecule has 0 spiro atoms. The van der Waals surface area contributed by atoms with E-state index in [4.69, 9.17) is 11.6 Å². The summed E-state index contributed by atoms with van der Waals surface area (Å²) in [5.41, 5.74) is 0.0863. The van der Waals surface area contributed by atoms with E-state index in [0.717, 1.165) is 4.57 Å². The van der Waals surface area contributed by atoms with Gasteiger partial charge < -0.3 is 10.1 Å². The maximum Gasteiger partial charge on any atom is 0.354 e. The molecule has 164 valence electrons. The van der Waals surface area contributed by atoms with E-state index < -0.39 is 26.2 Å². The Morgan fingerprint density at radius 2 is 1.78 bits per heavy atom. The Balaban J connectivity index is 1.93. The molecule has 0 bridgehead atoms. The first-order chi connectivity index (χ1) is 15.0. The minimum absolute atomic E-state index is 0.0219. The standard InChI is InChI=1S/C22H18ClN3O5S/c1-22(2,13-6-4-3-5-7-13)32(30,31)14-8-9-15(23)18(12-14)26-19-16(25-21(26)29)10-11-17(24-19)20(27)28/h3-12H,1-2H3,(H,25,29)(H,27,28). The number of aromatic carboxylic acids is 1. The number of sulfone groups is 1. The minimum Gasteiger partial charge on any atom is -0.477 e. The molecule has 0 aliphatic rings. The number of pyridine rings is 1. The van der Waals surface area contributed by atoms with Gasteiger partial charge in [-0.05, 0) is 49.7 Å². The fourth-order valence-electron chi connectivity index (χ4n) is 3.45. The lowest BCUT2D eigenvalue weighted by Gasteiger charge is -2.26. The molecule has 10 heteroatoms. The van der Waals surface area contributed by atoms with Gasteiger partial charge >= 0.3 is 11.7 Å². The predicted molar refractivity (Wildman–Crippen MR) is 120 cm³/mol. The summed E-state index contributed by atoms with van der Waals surface area (Å²) in [5, 5.41) is 9.35. The number of nitrogens with one attached hydrogen (secondary N) is 1. The molecule has 0 amide bonds. The summed E-state index contributed by atoms with van der Waals surface area (Å²) in [5.74, 6) is -1.26. The van der Waals surface area contributed by atoms with Crippen molar-refractivity contribution in [2.45, 2.75) is 23.5 Å². The number of hydrogen-bond acceptors (Lipinski definition) is 5. The molecular weight excluding hydrogens is 454 g/mol. The minimum atomic E-state index is -3.91. The van der Waals surface area contributed by atoms with Crippen LogP contribution in [0.1, 0.15) is 29.9 Å². The van der Waals surface area contributed by atoms with Crippen molar-refractivity contribution in [2.24, 2.45) is 0 Å². The molecule has 2 aromatic carbocycles. The maximum atomic E-state index is 13.5. The summed E-state index contributed by atoms with van der Waals surface area (Å²) in [7, 11) is -3.91. The van der Waals surface area contributed by atoms with Crippen LogP contribution in [-0.4, -0.2) is 34.0 Å². The largest absolute Gasteiger partial charge is 0.477 e. The number of aromatic nitrogens is 3. The number of hydrogen-bond donors (Lipinski definition) is 2. The Morgan fingerprint density at radius 1 is 1.09 bits per heavy atom. The number of benzene rings is 2. The van der Waals surface area contributed by atoms with Crippen molar-refractivity contribution in [1.82, 2.24) is 14.5 Å². The molecule has 8 nitrogen and oxygen atoms in total. The molecular formula is C22H18ClN3O5S. The van der Waals surface area contributed by atoms with Crippen LogP contribution >= 0.6 is 11.6 Å². The van der Waals surface area contributed by atoms with Gasteiger partial charge in [0.15, 0.2) is 21.2 Å². The summed E-state index contributed by atoms with van der Waals surface area (Å²) in [4.78, 5) is 30.6. The molecule has 0 radical (unpaired) electrons. The van der Waals surface area contributed by atoms with Crippen LogP contribution in [-0.2, 0) is 14.6 Å². The van der Waals surface area contributed by atoms with E-state index in [9.17, 15) is 23.1 Å². The van der Waals surface area contributed by atoms with Gasteiger partial charge in [-0.3, -0.25) is 0 Å². The molecule has 0 fully saturated rings. The molecule has 2 N–H and O–H groups in total. The quantitative estimate of drug-likeness (QED) is 0.456. The van der Waals surface area contributed by atoms with Crippen LogP contribution in [0.2, 0.25) is 5.02 Å². The highest BCUT2D eigenvalue weighted by Crippen LogP contribution is 2.36. The number of imidazole rings is 1. The van der Waals surface area contributed by atoms with E-state index in [1.54, 1.807) is 44.2 Å². The predicted octanol–water partition coefficient (Wildman–Crippen LogP) is 3.77. The number of H-pyrrole nitrogens is 1. The van der Waals surface area contributed by atoms with E-state index in [0.29, 0.717) is 5.56 Å². The molecule has 2 heterocycles. The van der Waals surface area contributed by atoms with Crippen LogP contribution in [0.3, 0.4) is 0 Å². The van der Waals surface area contributed by atoms with Crippen molar-refractivity contribution < 1.29 is 18.3 Å². The van der Waals surface area contributed by atoms with Gasteiger partial charge in [0.25, 0.3) is 0 Å². The van der Waals surface area contributed by atoms with Crippen molar-refractivity contribution in [3.8, 4) is 5.69 Å². The second-order valence-corrected chi connectivity index (χ2v) is 10.5. The third-order valence-corrected chi connectivity index (χ3v) is 8.13. The average Bonchev–Trinajstić information content (AvgIpc) is 3.09. The first-order valence-corrected chi connectivity index (χ1v) is 11.4. The van der Waals surface area contributed by atoms with Gasteiger partial charge in [0.05, 0.1) is 25.9 Å². The SMILES string of the molecule is CC(C)(c1ccccc1)S(=O)(=O)c1ccc(Cl)c(-n2c(=O)[nH]c3ccc(C(=O)O)nc32)c1. The summed E-state index contributed by atoms with van der Waals surface area (Å²) in [6, 6.07) is 15.5. The normalized spacial score (nSPS) is 12.2. The topological polar surface area (TPSA) is 122 Å². The number of carboxylic acids is 1. The van der Waals surface area contributed by atoms with E-state index in [1.807, 2.05) is 0 Å². The molecule has 0 aliphatic carbocycles. The molecule has 0 saturated heterocycles. The molecule has 4 rings (SSSR count). The van der Waals surface area contributed by atoms with Crippen LogP contribution in [0.25, 0.3) is 16.9 Å². The van der Waals surface area contributed by atoms with Crippen molar-refractivity contribution >= 4 is 38.6 Å². The maximum absolute atomic E-state index is 13.5. The van der Waals surface area contributed by atoms with E-state index in [1.165, 1.54) is 30.3 Å². The van der Waals surface area contributed by atoms with Gasteiger partial charge in [-0.15, -0.1) is 0 Å². The second kappa shape index (κ2) is 7.61. The first-order valence-electron chi connectivity index (χ1n) is 9.49. The third kappa shape index (κ3) is 3.39. The molecule has 4 aromatic rings. The third-order valence-electron chi connectivity index (χ3n) is 5.36. The Hall–Kier alpha value is -3.43. The number of nitrogens with zero attached hydrogens (tertiary/aromatic N) is 2. The number of rotatable bonds is 5. The van der Waals surface area contributed by atoms with Gasteiger partial charge in [-0.25, -0.2) is 27.6 Å². The summed E-state index contributed by atoms with van der Waals surface area (Å²) in [6.45, 7) is 3.20. The summed E-state index contributed by atoms with van der Waals surface area (Å²) < 4.78 is 26.9. The average molecular weight is 472 g/mol. The zero-order valence-corrected chi connectivity index (χ0v) is 18.6. The van der Waals surface area contributed by atoms with Crippen molar-refractivity contribution in [3.05, 3.63) is 87.4 Å². The zero-order valence-electron chi connectivity index (χ0n) is 17.0. The van der Waals surface area contributed by atoms with E-state index in [2.05, 4.69) is 9.97 Å². The summed E-state index contributed by atoms with van der Waals surface area (Å²) in [6.07, 6.45) is 0. The molecule has 0 saturated carbocycles. The van der Waals surface area contributed by atoms with Crippen molar-refractivity contribution in [1.29, 1.82) is 0 Å². The number of halogens is 1.